The second-order valence-electron chi connectivity index (χ2n) is 5.33. The first-order chi connectivity index (χ1) is 12.7. The standard InChI is InChI=1S/C16H11F4N5OS/c1-9-22-23-24-25(9)14-8-11(4-7-13(14)17)21-15(26)10-2-5-12(6-3-10)27-16(18,19)20/h2-8H,1H3,(H,21,26). The van der Waals surface area contributed by atoms with Gasteiger partial charge >= 0.3 is 5.51 Å². The van der Waals surface area contributed by atoms with Gasteiger partial charge in [0.1, 0.15) is 11.5 Å². The van der Waals surface area contributed by atoms with Crippen LogP contribution in [-0.2, 0) is 0 Å². The van der Waals surface area contributed by atoms with Crippen molar-refractivity contribution in [2.24, 2.45) is 0 Å². The molecule has 3 aromatic rings. The van der Waals surface area contributed by atoms with Crippen LogP contribution in [0.5, 0.6) is 0 Å². The van der Waals surface area contributed by atoms with Crippen LogP contribution in [0.25, 0.3) is 5.69 Å². The average Bonchev–Trinajstić information content (AvgIpc) is 3.01. The van der Waals surface area contributed by atoms with Gasteiger partial charge in [-0.1, -0.05) is 0 Å². The summed E-state index contributed by atoms with van der Waals surface area (Å²) in [5, 5.41) is 13.3. The third-order valence-electron chi connectivity index (χ3n) is 3.41. The Morgan fingerprint density at radius 2 is 1.85 bits per heavy atom. The molecule has 0 atom stereocenters. The highest BCUT2D eigenvalue weighted by atomic mass is 32.2. The van der Waals surface area contributed by atoms with Gasteiger partial charge < -0.3 is 5.32 Å². The van der Waals surface area contributed by atoms with Crippen molar-refractivity contribution in [2.75, 3.05) is 5.32 Å². The van der Waals surface area contributed by atoms with Gasteiger partial charge in [-0.25, -0.2) is 4.39 Å². The number of hydrogen-bond donors (Lipinski definition) is 1. The SMILES string of the molecule is Cc1nnnn1-c1cc(NC(=O)c2ccc(SC(F)(F)F)cc2)ccc1F. The van der Waals surface area contributed by atoms with E-state index in [2.05, 4.69) is 20.8 Å². The number of thioether (sulfide) groups is 1. The molecule has 1 amide bonds. The van der Waals surface area contributed by atoms with E-state index < -0.39 is 17.2 Å². The van der Waals surface area contributed by atoms with E-state index in [0.717, 1.165) is 6.07 Å². The first-order valence-electron chi connectivity index (χ1n) is 7.45. The number of anilines is 1. The molecule has 27 heavy (non-hydrogen) atoms. The lowest BCUT2D eigenvalue weighted by Gasteiger charge is -2.10. The number of tetrazole rings is 1. The summed E-state index contributed by atoms with van der Waals surface area (Å²) in [6, 6.07) is 8.81. The lowest BCUT2D eigenvalue weighted by atomic mass is 10.2. The molecule has 1 heterocycles. The number of nitrogens with one attached hydrogen (secondary N) is 1. The number of carbonyl (C=O) groups excluding carboxylic acids is 1. The molecule has 140 valence electrons. The van der Waals surface area contributed by atoms with Crippen molar-refractivity contribution in [3.05, 3.63) is 59.7 Å². The lowest BCUT2D eigenvalue weighted by Crippen LogP contribution is -2.13. The molecule has 0 unspecified atom stereocenters. The van der Waals surface area contributed by atoms with Crippen molar-refractivity contribution in [3.8, 4) is 5.69 Å². The van der Waals surface area contributed by atoms with Crippen molar-refractivity contribution < 1.29 is 22.4 Å². The Hall–Kier alpha value is -2.95. The Kier molecular flexibility index (Phi) is 5.13. The minimum Gasteiger partial charge on any atom is -0.322 e. The maximum Gasteiger partial charge on any atom is 0.446 e. The minimum absolute atomic E-state index is 0.0303. The molecule has 0 saturated carbocycles. The van der Waals surface area contributed by atoms with E-state index in [4.69, 9.17) is 0 Å². The maximum absolute atomic E-state index is 14.0. The smallest absolute Gasteiger partial charge is 0.322 e. The number of hydrogen-bond acceptors (Lipinski definition) is 5. The Bertz CT molecular complexity index is 972. The third kappa shape index (κ3) is 4.61. The fourth-order valence-electron chi connectivity index (χ4n) is 2.22. The van der Waals surface area contributed by atoms with Gasteiger partial charge in [0.25, 0.3) is 5.91 Å². The number of benzene rings is 2. The number of carbonyl (C=O) groups is 1. The summed E-state index contributed by atoms with van der Waals surface area (Å²) in [5.41, 5.74) is -3.92. The monoisotopic (exact) mass is 397 g/mol. The van der Waals surface area contributed by atoms with E-state index in [-0.39, 0.29) is 33.6 Å². The summed E-state index contributed by atoms with van der Waals surface area (Å²) in [5.74, 6) is -0.781. The molecule has 6 nitrogen and oxygen atoms in total. The molecule has 0 fully saturated rings. The topological polar surface area (TPSA) is 72.7 Å². The third-order valence-corrected chi connectivity index (χ3v) is 4.15. The second-order valence-corrected chi connectivity index (χ2v) is 6.47. The molecule has 0 aliphatic heterocycles. The molecule has 1 aromatic heterocycles. The predicted molar refractivity (Wildman–Crippen MR) is 90.2 cm³/mol. The Labute approximate surface area is 154 Å². The van der Waals surface area contributed by atoms with Crippen LogP contribution in [-0.4, -0.2) is 31.6 Å². The second kappa shape index (κ2) is 7.35. The Morgan fingerprint density at radius 1 is 1.15 bits per heavy atom. The zero-order valence-corrected chi connectivity index (χ0v) is 14.5. The summed E-state index contributed by atoms with van der Waals surface area (Å²) in [4.78, 5) is 12.2. The summed E-state index contributed by atoms with van der Waals surface area (Å²) in [6.07, 6.45) is 0. The zero-order valence-electron chi connectivity index (χ0n) is 13.7. The van der Waals surface area contributed by atoms with Crippen LogP contribution in [0.3, 0.4) is 0 Å². The number of alkyl halides is 3. The van der Waals surface area contributed by atoms with Gasteiger partial charge in [-0.05, 0) is 71.6 Å². The molecule has 0 spiro atoms. The lowest BCUT2D eigenvalue weighted by molar-refractivity contribution is -0.0328. The van der Waals surface area contributed by atoms with Crippen molar-refractivity contribution in [2.45, 2.75) is 17.3 Å². The van der Waals surface area contributed by atoms with Crippen LogP contribution >= 0.6 is 11.8 Å². The molecular formula is C16H11F4N5OS. The quantitative estimate of drug-likeness (QED) is 0.533. The summed E-state index contributed by atoms with van der Waals surface area (Å²) in [6.45, 7) is 1.59. The zero-order chi connectivity index (χ0) is 19.6. The van der Waals surface area contributed by atoms with Crippen molar-refractivity contribution in [1.82, 2.24) is 20.2 Å². The number of aryl methyl sites for hydroxylation is 1. The van der Waals surface area contributed by atoms with Gasteiger partial charge in [-0.2, -0.15) is 17.9 Å². The Balaban J connectivity index is 1.77. The normalized spacial score (nSPS) is 11.4. The number of amides is 1. The first kappa shape index (κ1) is 18.8. The van der Waals surface area contributed by atoms with E-state index in [1.54, 1.807) is 6.92 Å². The summed E-state index contributed by atoms with van der Waals surface area (Å²) >= 11 is -0.266. The van der Waals surface area contributed by atoms with E-state index >= 15 is 0 Å². The fraction of sp³-hybridized carbons (Fsp3) is 0.125. The van der Waals surface area contributed by atoms with Crippen molar-refractivity contribution in [3.63, 3.8) is 0 Å². The van der Waals surface area contributed by atoms with Crippen LogP contribution in [0.2, 0.25) is 0 Å². The molecule has 11 heteroatoms. The van der Waals surface area contributed by atoms with Gasteiger partial charge in [0.05, 0.1) is 0 Å². The molecule has 1 N–H and O–H groups in total. The minimum atomic E-state index is -4.40. The van der Waals surface area contributed by atoms with E-state index in [1.807, 2.05) is 0 Å². The molecule has 0 bridgehead atoms. The summed E-state index contributed by atoms with van der Waals surface area (Å²) in [7, 11) is 0. The fourth-order valence-corrected chi connectivity index (χ4v) is 2.76. The first-order valence-corrected chi connectivity index (χ1v) is 8.27. The van der Waals surface area contributed by atoms with E-state index in [0.29, 0.717) is 5.82 Å². The number of aromatic nitrogens is 4. The van der Waals surface area contributed by atoms with Gasteiger partial charge in [0, 0.05) is 16.1 Å². The number of halogens is 4. The van der Waals surface area contributed by atoms with Crippen LogP contribution in [0, 0.1) is 12.7 Å². The van der Waals surface area contributed by atoms with Gasteiger partial charge in [0.2, 0.25) is 0 Å². The highest BCUT2D eigenvalue weighted by Gasteiger charge is 2.29. The molecule has 0 aliphatic rings. The van der Waals surface area contributed by atoms with Crippen LogP contribution in [0.1, 0.15) is 16.2 Å². The molecular weight excluding hydrogens is 386 g/mol. The van der Waals surface area contributed by atoms with Crippen molar-refractivity contribution >= 4 is 23.4 Å². The van der Waals surface area contributed by atoms with E-state index in [1.165, 1.54) is 41.1 Å². The predicted octanol–water partition coefficient (Wildman–Crippen LogP) is 3.97. The van der Waals surface area contributed by atoms with Crippen LogP contribution < -0.4 is 5.32 Å². The molecule has 0 radical (unpaired) electrons. The van der Waals surface area contributed by atoms with E-state index in [9.17, 15) is 22.4 Å². The number of nitrogens with zero attached hydrogens (tertiary/aromatic N) is 4. The molecule has 2 aromatic carbocycles. The molecule has 0 aliphatic carbocycles. The molecule has 3 rings (SSSR count). The maximum atomic E-state index is 14.0. The van der Waals surface area contributed by atoms with Gasteiger partial charge in [-0.15, -0.1) is 5.10 Å². The highest BCUT2D eigenvalue weighted by Crippen LogP contribution is 2.36. The molecule has 0 saturated heterocycles. The van der Waals surface area contributed by atoms with Crippen LogP contribution in [0.15, 0.2) is 47.4 Å². The van der Waals surface area contributed by atoms with Gasteiger partial charge in [0.15, 0.2) is 5.82 Å². The van der Waals surface area contributed by atoms with Crippen LogP contribution in [0.4, 0.5) is 23.2 Å². The van der Waals surface area contributed by atoms with Gasteiger partial charge in [-0.3, -0.25) is 4.79 Å². The summed E-state index contributed by atoms with van der Waals surface area (Å²) < 4.78 is 52.2. The largest absolute Gasteiger partial charge is 0.446 e. The Morgan fingerprint density at radius 3 is 2.44 bits per heavy atom. The number of rotatable bonds is 4. The average molecular weight is 397 g/mol. The van der Waals surface area contributed by atoms with Crippen molar-refractivity contribution in [1.29, 1.82) is 0 Å². The highest BCUT2D eigenvalue weighted by molar-refractivity contribution is 8.00.